The van der Waals surface area contributed by atoms with Crippen LogP contribution in [0.3, 0.4) is 0 Å². The first-order valence-corrected chi connectivity index (χ1v) is 12.2. The standard InChI is InChI=1S/C26H33N5O2/c1-17(2)18-8-10-21(11-9-18)33-16-20-14-24(29-27-20)19-12-13-31(15-19)26(32)25-22-6-4-3-5-7-23(22)28-30-25/h8-11,14,17,19H,3-7,12-13,15-16H2,1-2H3,(H,27,29)(H,28,30)/t19-/m0/s1. The molecule has 1 atom stereocenters. The van der Waals surface area contributed by atoms with Gasteiger partial charge in [0.25, 0.3) is 5.91 Å². The van der Waals surface area contributed by atoms with E-state index in [4.69, 9.17) is 4.74 Å². The van der Waals surface area contributed by atoms with Crippen LogP contribution in [-0.2, 0) is 19.4 Å². The zero-order valence-electron chi connectivity index (χ0n) is 19.6. The van der Waals surface area contributed by atoms with Gasteiger partial charge in [-0.25, -0.2) is 0 Å². The van der Waals surface area contributed by atoms with Crippen molar-refractivity contribution < 1.29 is 9.53 Å². The van der Waals surface area contributed by atoms with Crippen LogP contribution in [-0.4, -0.2) is 44.3 Å². The molecule has 2 N–H and O–H groups in total. The van der Waals surface area contributed by atoms with E-state index in [1.165, 1.54) is 18.4 Å². The van der Waals surface area contributed by atoms with E-state index < -0.39 is 0 Å². The van der Waals surface area contributed by atoms with Crippen molar-refractivity contribution >= 4 is 5.91 Å². The number of rotatable bonds is 6. The molecule has 7 nitrogen and oxygen atoms in total. The minimum atomic E-state index is 0.0563. The summed E-state index contributed by atoms with van der Waals surface area (Å²) in [4.78, 5) is 15.1. The van der Waals surface area contributed by atoms with Crippen LogP contribution in [0, 0.1) is 0 Å². The Kier molecular flexibility index (Phi) is 6.20. The summed E-state index contributed by atoms with van der Waals surface area (Å²) in [6, 6.07) is 10.3. The SMILES string of the molecule is CC(C)c1ccc(OCc2cc([C@H]3CCN(C(=O)c4n[nH]c5c4CCCCC5)C3)n[nH]2)cc1. The summed E-state index contributed by atoms with van der Waals surface area (Å²) in [6.07, 6.45) is 6.39. The summed E-state index contributed by atoms with van der Waals surface area (Å²) < 4.78 is 5.93. The summed E-state index contributed by atoms with van der Waals surface area (Å²) in [5, 5.41) is 15.2. The second-order valence-corrected chi connectivity index (χ2v) is 9.66. The lowest BCUT2D eigenvalue weighted by Crippen LogP contribution is -2.29. The number of aryl methyl sites for hydroxylation is 1. The minimum Gasteiger partial charge on any atom is -0.487 e. The van der Waals surface area contributed by atoms with Crippen molar-refractivity contribution in [2.24, 2.45) is 0 Å². The molecule has 0 bridgehead atoms. The Labute approximate surface area is 194 Å². The van der Waals surface area contributed by atoms with E-state index in [0.29, 0.717) is 24.8 Å². The van der Waals surface area contributed by atoms with Gasteiger partial charge in [-0.2, -0.15) is 10.2 Å². The third-order valence-electron chi connectivity index (χ3n) is 6.99. The molecule has 0 spiro atoms. The third kappa shape index (κ3) is 4.68. The Morgan fingerprint density at radius 2 is 1.94 bits per heavy atom. The molecule has 2 aliphatic rings. The zero-order chi connectivity index (χ0) is 22.8. The van der Waals surface area contributed by atoms with E-state index in [1.54, 1.807) is 0 Å². The van der Waals surface area contributed by atoms with Crippen molar-refractivity contribution in [3.05, 3.63) is 64.2 Å². The number of nitrogens with zero attached hydrogens (tertiary/aromatic N) is 3. The van der Waals surface area contributed by atoms with Gasteiger partial charge < -0.3 is 9.64 Å². The van der Waals surface area contributed by atoms with Crippen molar-refractivity contribution in [3.8, 4) is 5.75 Å². The van der Waals surface area contributed by atoms with Crippen LogP contribution < -0.4 is 4.74 Å². The number of carbonyl (C=O) groups excluding carboxylic acids is 1. The molecule has 1 aliphatic carbocycles. The van der Waals surface area contributed by atoms with Crippen LogP contribution >= 0.6 is 0 Å². The van der Waals surface area contributed by atoms with E-state index in [9.17, 15) is 4.79 Å². The number of hydrogen-bond donors (Lipinski definition) is 2. The topological polar surface area (TPSA) is 86.9 Å². The number of nitrogens with one attached hydrogen (secondary N) is 2. The first kappa shape index (κ1) is 21.7. The Hall–Kier alpha value is -3.09. The molecule has 1 saturated heterocycles. The van der Waals surface area contributed by atoms with Crippen LogP contribution in [0.2, 0.25) is 0 Å². The molecule has 7 heteroatoms. The van der Waals surface area contributed by atoms with Crippen molar-refractivity contribution in [3.63, 3.8) is 0 Å². The summed E-state index contributed by atoms with van der Waals surface area (Å²) in [7, 11) is 0. The van der Waals surface area contributed by atoms with E-state index in [-0.39, 0.29) is 11.8 Å². The number of fused-ring (bicyclic) bond motifs is 1. The smallest absolute Gasteiger partial charge is 0.274 e. The first-order valence-electron chi connectivity index (χ1n) is 12.2. The van der Waals surface area contributed by atoms with E-state index >= 15 is 0 Å². The van der Waals surface area contributed by atoms with Gasteiger partial charge in [0, 0.05) is 30.3 Å². The Morgan fingerprint density at radius 1 is 1.12 bits per heavy atom. The van der Waals surface area contributed by atoms with Gasteiger partial charge >= 0.3 is 0 Å². The monoisotopic (exact) mass is 447 g/mol. The van der Waals surface area contributed by atoms with Gasteiger partial charge in [0.2, 0.25) is 0 Å². The fraction of sp³-hybridized carbons (Fsp3) is 0.500. The molecule has 1 aliphatic heterocycles. The molecule has 0 radical (unpaired) electrons. The maximum absolute atomic E-state index is 13.2. The highest BCUT2D eigenvalue weighted by molar-refractivity contribution is 5.94. The van der Waals surface area contributed by atoms with Crippen molar-refractivity contribution in [2.45, 2.75) is 70.8 Å². The number of carbonyl (C=O) groups is 1. The number of likely N-dealkylation sites (tertiary alicyclic amines) is 1. The quantitative estimate of drug-likeness (QED) is 0.535. The van der Waals surface area contributed by atoms with Gasteiger partial charge in [-0.3, -0.25) is 15.0 Å². The molecular formula is C26H33N5O2. The summed E-state index contributed by atoms with van der Waals surface area (Å²) in [5.41, 5.74) is 6.17. The number of aromatic amines is 2. The average molecular weight is 448 g/mol. The van der Waals surface area contributed by atoms with E-state index in [1.807, 2.05) is 17.0 Å². The maximum Gasteiger partial charge on any atom is 0.274 e. The lowest BCUT2D eigenvalue weighted by Gasteiger charge is -2.15. The lowest BCUT2D eigenvalue weighted by atomic mass is 10.0. The van der Waals surface area contributed by atoms with Crippen LogP contribution in [0.15, 0.2) is 30.3 Å². The molecule has 3 aromatic rings. The number of H-pyrrole nitrogens is 2. The number of amides is 1. The highest BCUT2D eigenvalue weighted by Crippen LogP contribution is 2.29. The van der Waals surface area contributed by atoms with E-state index in [0.717, 1.165) is 60.6 Å². The molecule has 33 heavy (non-hydrogen) atoms. The predicted octanol–water partition coefficient (Wildman–Crippen LogP) is 4.73. The first-order chi connectivity index (χ1) is 16.1. The normalized spacial score (nSPS) is 18.4. The molecule has 3 heterocycles. The Balaban J connectivity index is 1.18. The van der Waals surface area contributed by atoms with Gasteiger partial charge in [0.1, 0.15) is 12.4 Å². The highest BCUT2D eigenvalue weighted by Gasteiger charge is 2.32. The predicted molar refractivity (Wildman–Crippen MR) is 127 cm³/mol. The van der Waals surface area contributed by atoms with Gasteiger partial charge in [0.05, 0.1) is 11.4 Å². The zero-order valence-corrected chi connectivity index (χ0v) is 19.6. The second kappa shape index (κ2) is 9.41. The van der Waals surface area contributed by atoms with Crippen LogP contribution in [0.5, 0.6) is 5.75 Å². The highest BCUT2D eigenvalue weighted by atomic mass is 16.5. The minimum absolute atomic E-state index is 0.0563. The number of aromatic nitrogens is 4. The van der Waals surface area contributed by atoms with Crippen molar-refractivity contribution in [2.75, 3.05) is 13.1 Å². The van der Waals surface area contributed by atoms with Crippen LogP contribution in [0.25, 0.3) is 0 Å². The fourth-order valence-electron chi connectivity index (χ4n) is 4.94. The maximum atomic E-state index is 13.2. The molecule has 0 saturated carbocycles. The number of hydrogen-bond acceptors (Lipinski definition) is 4. The second-order valence-electron chi connectivity index (χ2n) is 9.66. The molecule has 1 aromatic carbocycles. The summed E-state index contributed by atoms with van der Waals surface area (Å²) in [5.74, 6) is 1.66. The lowest BCUT2D eigenvalue weighted by molar-refractivity contribution is 0.0783. The molecular weight excluding hydrogens is 414 g/mol. The van der Waals surface area contributed by atoms with Gasteiger partial charge in [-0.05, 0) is 61.8 Å². The summed E-state index contributed by atoms with van der Waals surface area (Å²) >= 11 is 0. The van der Waals surface area contributed by atoms with Crippen LogP contribution in [0.1, 0.15) is 90.1 Å². The largest absolute Gasteiger partial charge is 0.487 e. The van der Waals surface area contributed by atoms with Crippen molar-refractivity contribution in [1.29, 1.82) is 0 Å². The van der Waals surface area contributed by atoms with E-state index in [2.05, 4.69) is 52.4 Å². The summed E-state index contributed by atoms with van der Waals surface area (Å²) in [6.45, 7) is 6.24. The molecule has 1 amide bonds. The molecule has 2 aromatic heterocycles. The number of ether oxygens (including phenoxy) is 1. The van der Waals surface area contributed by atoms with Gasteiger partial charge in [0.15, 0.2) is 5.69 Å². The molecule has 0 unspecified atom stereocenters. The Morgan fingerprint density at radius 3 is 2.76 bits per heavy atom. The van der Waals surface area contributed by atoms with Gasteiger partial charge in [-0.15, -0.1) is 0 Å². The molecule has 174 valence electrons. The van der Waals surface area contributed by atoms with Crippen molar-refractivity contribution in [1.82, 2.24) is 25.3 Å². The molecule has 5 rings (SSSR count). The Bertz CT molecular complexity index is 1100. The third-order valence-corrected chi connectivity index (χ3v) is 6.99. The average Bonchev–Trinajstić information content (AvgIpc) is 3.55. The van der Waals surface area contributed by atoms with Gasteiger partial charge in [-0.1, -0.05) is 32.4 Å². The number of benzene rings is 1. The van der Waals surface area contributed by atoms with Crippen LogP contribution in [0.4, 0.5) is 0 Å². The fourth-order valence-corrected chi connectivity index (χ4v) is 4.94. The molecule has 1 fully saturated rings.